The number of amides is 3. The number of hydrogen-bond donors (Lipinski definition) is 2. The van der Waals surface area contributed by atoms with E-state index in [1.54, 1.807) is 30.1 Å². The fourth-order valence-electron chi connectivity index (χ4n) is 3.28. The average Bonchev–Trinajstić information content (AvgIpc) is 3.33. The van der Waals surface area contributed by atoms with E-state index in [-0.39, 0.29) is 24.3 Å². The zero-order valence-electron chi connectivity index (χ0n) is 15.7. The molecule has 150 valence electrons. The van der Waals surface area contributed by atoms with E-state index < -0.39 is 5.92 Å². The molecular weight excluding hydrogens is 394 g/mol. The molecule has 1 aliphatic heterocycles. The number of ether oxygens (including phenoxy) is 1. The van der Waals surface area contributed by atoms with Crippen LogP contribution in [0.1, 0.15) is 29.5 Å². The van der Waals surface area contributed by atoms with Crippen molar-refractivity contribution in [3.8, 4) is 5.75 Å². The first-order chi connectivity index (χ1) is 14.0. The van der Waals surface area contributed by atoms with Gasteiger partial charge in [0.15, 0.2) is 6.61 Å². The van der Waals surface area contributed by atoms with Crippen molar-refractivity contribution in [2.75, 3.05) is 6.61 Å². The predicted molar refractivity (Wildman–Crippen MR) is 105 cm³/mol. The van der Waals surface area contributed by atoms with Gasteiger partial charge in [-0.2, -0.15) is 5.10 Å². The minimum absolute atomic E-state index is 0.116. The molecule has 0 saturated carbocycles. The number of carbonyl (C=O) groups excluding carboxylic acids is 3. The summed E-state index contributed by atoms with van der Waals surface area (Å²) in [4.78, 5) is 39.7. The highest BCUT2D eigenvalue weighted by atomic mass is 32.1. The van der Waals surface area contributed by atoms with E-state index in [0.717, 1.165) is 15.9 Å². The quantitative estimate of drug-likeness (QED) is 0.588. The van der Waals surface area contributed by atoms with E-state index in [1.807, 2.05) is 11.4 Å². The lowest BCUT2D eigenvalue weighted by Crippen LogP contribution is -2.39. The van der Waals surface area contributed by atoms with Crippen LogP contribution in [0.4, 0.5) is 0 Å². The Labute approximate surface area is 170 Å². The molecule has 1 fully saturated rings. The Hall–Kier alpha value is -3.27. The number of imide groups is 1. The molecule has 3 amide bonds. The number of carbonyl (C=O) groups is 3. The van der Waals surface area contributed by atoms with Gasteiger partial charge in [0, 0.05) is 36.5 Å². The third-order valence-electron chi connectivity index (χ3n) is 4.71. The Morgan fingerprint density at radius 1 is 1.41 bits per heavy atom. The lowest BCUT2D eigenvalue weighted by Gasteiger charge is -2.19. The highest BCUT2D eigenvalue weighted by molar-refractivity contribution is 7.09. The molecule has 10 heteroatoms. The number of benzene rings is 1. The van der Waals surface area contributed by atoms with Crippen molar-refractivity contribution in [2.45, 2.75) is 25.3 Å². The van der Waals surface area contributed by atoms with E-state index in [0.29, 0.717) is 30.8 Å². The van der Waals surface area contributed by atoms with Gasteiger partial charge < -0.3 is 10.1 Å². The van der Waals surface area contributed by atoms with Crippen LogP contribution in [-0.4, -0.2) is 39.1 Å². The second-order valence-corrected chi connectivity index (χ2v) is 7.66. The normalized spacial score (nSPS) is 16.7. The Morgan fingerprint density at radius 2 is 2.28 bits per heavy atom. The standard InChI is InChI=1S/C19H19N5O4S/c1-24-14-8-11(28-10-16(26)21-9-17-20-6-7-29-17)2-3-12(14)18(23-24)13-4-5-15(25)22-19(13)27/h2-3,6-8,13H,4-5,9-10H2,1H3,(H,21,26)(H,22,25,27). The fourth-order valence-corrected chi connectivity index (χ4v) is 3.84. The van der Waals surface area contributed by atoms with Gasteiger partial charge in [0.2, 0.25) is 11.8 Å². The van der Waals surface area contributed by atoms with Crippen molar-refractivity contribution in [2.24, 2.45) is 7.05 Å². The second kappa shape index (κ2) is 8.00. The van der Waals surface area contributed by atoms with Gasteiger partial charge in [-0.25, -0.2) is 4.98 Å². The minimum atomic E-state index is -0.459. The van der Waals surface area contributed by atoms with Crippen LogP contribution in [0, 0.1) is 0 Å². The lowest BCUT2D eigenvalue weighted by atomic mass is 9.93. The number of nitrogens with zero attached hydrogens (tertiary/aromatic N) is 3. The van der Waals surface area contributed by atoms with E-state index in [9.17, 15) is 14.4 Å². The number of rotatable bonds is 6. The largest absolute Gasteiger partial charge is 0.484 e. The topological polar surface area (TPSA) is 115 Å². The van der Waals surface area contributed by atoms with Gasteiger partial charge >= 0.3 is 0 Å². The van der Waals surface area contributed by atoms with Gasteiger partial charge in [-0.1, -0.05) is 0 Å². The van der Waals surface area contributed by atoms with Crippen molar-refractivity contribution < 1.29 is 19.1 Å². The number of aromatic nitrogens is 3. The maximum Gasteiger partial charge on any atom is 0.258 e. The molecule has 4 rings (SSSR count). The molecule has 1 saturated heterocycles. The summed E-state index contributed by atoms with van der Waals surface area (Å²) in [5.74, 6) is -0.747. The summed E-state index contributed by atoms with van der Waals surface area (Å²) in [6.45, 7) is 0.255. The minimum Gasteiger partial charge on any atom is -0.484 e. The SMILES string of the molecule is Cn1nc(C2CCC(=O)NC2=O)c2ccc(OCC(=O)NCc3nccs3)cc21. The third-order valence-corrected chi connectivity index (χ3v) is 5.49. The van der Waals surface area contributed by atoms with Crippen LogP contribution in [0.25, 0.3) is 10.9 Å². The Bertz CT molecular complexity index is 1080. The number of fused-ring (bicyclic) bond motifs is 1. The van der Waals surface area contributed by atoms with Gasteiger partial charge in [0.1, 0.15) is 10.8 Å². The summed E-state index contributed by atoms with van der Waals surface area (Å²) in [6, 6.07) is 5.35. The average molecular weight is 413 g/mol. The molecule has 9 nitrogen and oxygen atoms in total. The van der Waals surface area contributed by atoms with Crippen LogP contribution in [0.3, 0.4) is 0 Å². The van der Waals surface area contributed by atoms with E-state index in [2.05, 4.69) is 20.7 Å². The predicted octanol–water partition coefficient (Wildman–Crippen LogP) is 1.25. The molecule has 3 aromatic rings. The van der Waals surface area contributed by atoms with Crippen molar-refractivity contribution in [1.82, 2.24) is 25.4 Å². The third kappa shape index (κ3) is 4.11. The van der Waals surface area contributed by atoms with Crippen LogP contribution in [0.5, 0.6) is 5.75 Å². The van der Waals surface area contributed by atoms with Crippen molar-refractivity contribution in [3.05, 3.63) is 40.5 Å². The number of thiazole rings is 1. The molecule has 2 N–H and O–H groups in total. The van der Waals surface area contributed by atoms with E-state index in [4.69, 9.17) is 4.74 Å². The number of nitrogens with one attached hydrogen (secondary N) is 2. The Balaban J connectivity index is 1.44. The molecule has 29 heavy (non-hydrogen) atoms. The summed E-state index contributed by atoms with van der Waals surface area (Å²) in [6.07, 6.45) is 2.43. The van der Waals surface area contributed by atoms with Crippen molar-refractivity contribution >= 4 is 40.0 Å². The van der Waals surface area contributed by atoms with Gasteiger partial charge in [-0.15, -0.1) is 11.3 Å². The monoisotopic (exact) mass is 413 g/mol. The lowest BCUT2D eigenvalue weighted by molar-refractivity contribution is -0.134. The maximum absolute atomic E-state index is 12.2. The number of aryl methyl sites for hydroxylation is 1. The van der Waals surface area contributed by atoms with Crippen molar-refractivity contribution in [1.29, 1.82) is 0 Å². The first kappa shape index (κ1) is 19.1. The number of hydrogen-bond acceptors (Lipinski definition) is 7. The molecule has 0 spiro atoms. The molecule has 1 aromatic carbocycles. The first-order valence-electron chi connectivity index (χ1n) is 9.09. The smallest absolute Gasteiger partial charge is 0.258 e. The summed E-state index contributed by atoms with van der Waals surface area (Å²) < 4.78 is 7.27. The molecule has 0 bridgehead atoms. The molecule has 0 aliphatic carbocycles. The van der Waals surface area contributed by atoms with Crippen LogP contribution in [0.15, 0.2) is 29.8 Å². The Morgan fingerprint density at radius 3 is 3.03 bits per heavy atom. The molecule has 1 unspecified atom stereocenters. The molecular formula is C19H19N5O4S. The van der Waals surface area contributed by atoms with Gasteiger partial charge in [0.05, 0.1) is 23.7 Å². The zero-order valence-corrected chi connectivity index (χ0v) is 16.5. The summed E-state index contributed by atoms with van der Waals surface area (Å²) in [5.41, 5.74) is 1.42. The van der Waals surface area contributed by atoms with Gasteiger partial charge in [-0.05, 0) is 18.6 Å². The number of piperidine rings is 1. The van der Waals surface area contributed by atoms with Gasteiger partial charge in [0.25, 0.3) is 5.91 Å². The van der Waals surface area contributed by atoms with Crippen LogP contribution in [0.2, 0.25) is 0 Å². The molecule has 1 aliphatic rings. The maximum atomic E-state index is 12.2. The molecule has 0 radical (unpaired) electrons. The Kier molecular flexibility index (Phi) is 5.26. The van der Waals surface area contributed by atoms with Crippen LogP contribution >= 0.6 is 11.3 Å². The van der Waals surface area contributed by atoms with Crippen molar-refractivity contribution in [3.63, 3.8) is 0 Å². The van der Waals surface area contributed by atoms with Gasteiger partial charge in [-0.3, -0.25) is 24.4 Å². The van der Waals surface area contributed by atoms with Crippen LogP contribution in [-0.2, 0) is 28.0 Å². The zero-order chi connectivity index (χ0) is 20.4. The first-order valence-corrected chi connectivity index (χ1v) is 9.97. The molecule has 1 atom stereocenters. The molecule has 2 aromatic heterocycles. The second-order valence-electron chi connectivity index (χ2n) is 6.68. The molecule has 3 heterocycles. The fraction of sp³-hybridized carbons (Fsp3) is 0.316. The summed E-state index contributed by atoms with van der Waals surface area (Å²) in [7, 11) is 1.78. The summed E-state index contributed by atoms with van der Waals surface area (Å²) in [5, 5.41) is 13.1. The summed E-state index contributed by atoms with van der Waals surface area (Å²) >= 11 is 1.47. The van der Waals surface area contributed by atoms with Crippen LogP contribution < -0.4 is 15.4 Å². The van der Waals surface area contributed by atoms with E-state index >= 15 is 0 Å². The highest BCUT2D eigenvalue weighted by Crippen LogP contribution is 2.31. The van der Waals surface area contributed by atoms with E-state index in [1.165, 1.54) is 11.3 Å². The highest BCUT2D eigenvalue weighted by Gasteiger charge is 2.31.